The van der Waals surface area contributed by atoms with Crippen molar-refractivity contribution in [3.63, 3.8) is 0 Å². The number of ether oxygens (including phenoxy) is 1. The van der Waals surface area contributed by atoms with Crippen LogP contribution in [-0.4, -0.2) is 29.0 Å². The van der Waals surface area contributed by atoms with E-state index in [9.17, 15) is 4.79 Å². The van der Waals surface area contributed by atoms with Gasteiger partial charge in [-0.05, 0) is 43.7 Å². The number of anilines is 1. The van der Waals surface area contributed by atoms with Gasteiger partial charge in [-0.15, -0.1) is 10.2 Å². The Bertz CT molecular complexity index is 975. The summed E-state index contributed by atoms with van der Waals surface area (Å²) < 4.78 is 10.9. The van der Waals surface area contributed by atoms with Crippen molar-refractivity contribution in [2.45, 2.75) is 19.1 Å². The first-order valence-corrected chi connectivity index (χ1v) is 9.50. The number of rotatable bonds is 6. The highest BCUT2D eigenvalue weighted by Gasteiger charge is 2.15. The molecule has 0 unspecified atom stereocenters. The molecule has 0 aliphatic carbocycles. The van der Waals surface area contributed by atoms with Crippen LogP contribution in [0.1, 0.15) is 11.1 Å². The van der Waals surface area contributed by atoms with Crippen molar-refractivity contribution in [2.24, 2.45) is 0 Å². The van der Waals surface area contributed by atoms with E-state index >= 15 is 0 Å². The minimum Gasteiger partial charge on any atom is -0.496 e. The summed E-state index contributed by atoms with van der Waals surface area (Å²) in [6.45, 7) is 3.97. The zero-order chi connectivity index (χ0) is 19.4. The molecule has 0 aliphatic rings. The lowest BCUT2D eigenvalue weighted by atomic mass is 10.1. The molecule has 0 saturated heterocycles. The van der Waals surface area contributed by atoms with Crippen LogP contribution in [0.15, 0.2) is 46.0 Å². The maximum absolute atomic E-state index is 12.2. The Hall–Kier alpha value is -2.51. The third-order valence-electron chi connectivity index (χ3n) is 3.78. The highest BCUT2D eigenvalue weighted by atomic mass is 35.5. The molecule has 0 saturated carbocycles. The van der Waals surface area contributed by atoms with E-state index < -0.39 is 0 Å². The molecule has 1 amide bonds. The number of benzene rings is 2. The lowest BCUT2D eigenvalue weighted by Gasteiger charge is -2.08. The normalized spacial score (nSPS) is 10.7. The fraction of sp³-hybridized carbons (Fsp3) is 0.211. The molecule has 6 nitrogen and oxygen atoms in total. The Morgan fingerprint density at radius 2 is 2.04 bits per heavy atom. The predicted octanol–water partition coefficient (Wildman–Crippen LogP) is 4.75. The number of nitrogens with zero attached hydrogens (tertiary/aromatic N) is 2. The van der Waals surface area contributed by atoms with Crippen LogP contribution in [-0.2, 0) is 4.79 Å². The molecule has 2 aromatic carbocycles. The maximum Gasteiger partial charge on any atom is 0.277 e. The second kappa shape index (κ2) is 8.45. The third-order valence-corrected chi connectivity index (χ3v) is 4.83. The molecular weight excluding hydrogens is 386 g/mol. The zero-order valence-electron chi connectivity index (χ0n) is 15.1. The SMILES string of the molecule is COc1ccc(Cl)cc1-c1nnc(SCC(=O)Nc2ccc(C)cc2C)o1. The number of aromatic nitrogens is 2. The second-order valence-corrected chi connectivity index (χ2v) is 7.24. The Labute approximate surface area is 166 Å². The fourth-order valence-corrected chi connectivity index (χ4v) is 3.23. The third kappa shape index (κ3) is 4.81. The molecule has 0 atom stereocenters. The van der Waals surface area contributed by atoms with Crippen molar-refractivity contribution in [3.8, 4) is 17.2 Å². The van der Waals surface area contributed by atoms with Crippen LogP contribution in [0, 0.1) is 13.8 Å². The molecule has 3 rings (SSSR count). The van der Waals surface area contributed by atoms with Gasteiger partial charge in [0.2, 0.25) is 5.91 Å². The molecule has 1 N–H and O–H groups in total. The number of carbonyl (C=O) groups is 1. The summed E-state index contributed by atoms with van der Waals surface area (Å²) in [4.78, 5) is 12.2. The van der Waals surface area contributed by atoms with E-state index in [2.05, 4.69) is 15.5 Å². The smallest absolute Gasteiger partial charge is 0.277 e. The van der Waals surface area contributed by atoms with Crippen LogP contribution in [0.5, 0.6) is 5.75 Å². The summed E-state index contributed by atoms with van der Waals surface area (Å²) in [5.41, 5.74) is 3.56. The van der Waals surface area contributed by atoms with Gasteiger partial charge in [0.1, 0.15) is 5.75 Å². The van der Waals surface area contributed by atoms with Gasteiger partial charge in [0, 0.05) is 10.7 Å². The first-order chi connectivity index (χ1) is 13.0. The summed E-state index contributed by atoms with van der Waals surface area (Å²) in [5, 5.41) is 11.7. The molecule has 140 valence electrons. The molecule has 0 bridgehead atoms. The van der Waals surface area contributed by atoms with Gasteiger partial charge in [0.15, 0.2) is 0 Å². The van der Waals surface area contributed by atoms with Crippen LogP contribution >= 0.6 is 23.4 Å². The number of hydrogen-bond donors (Lipinski definition) is 1. The standard InChI is InChI=1S/C19H18ClN3O3S/c1-11-4-6-15(12(2)8-11)21-17(24)10-27-19-23-22-18(26-19)14-9-13(20)5-7-16(14)25-3/h4-9H,10H2,1-3H3,(H,21,24). The van der Waals surface area contributed by atoms with E-state index in [1.165, 1.54) is 0 Å². The van der Waals surface area contributed by atoms with Crippen LogP contribution in [0.25, 0.3) is 11.5 Å². The Balaban J connectivity index is 1.64. The summed E-state index contributed by atoms with van der Waals surface area (Å²) in [7, 11) is 1.55. The van der Waals surface area contributed by atoms with E-state index in [-0.39, 0.29) is 17.6 Å². The average molecular weight is 404 g/mol. The Morgan fingerprint density at radius 3 is 2.78 bits per heavy atom. The monoisotopic (exact) mass is 403 g/mol. The van der Waals surface area contributed by atoms with Crippen molar-refractivity contribution in [1.29, 1.82) is 0 Å². The van der Waals surface area contributed by atoms with Gasteiger partial charge in [-0.3, -0.25) is 4.79 Å². The molecule has 27 heavy (non-hydrogen) atoms. The molecule has 0 fully saturated rings. The minimum atomic E-state index is -0.146. The van der Waals surface area contributed by atoms with E-state index in [1.54, 1.807) is 25.3 Å². The highest BCUT2D eigenvalue weighted by Crippen LogP contribution is 2.33. The molecule has 0 spiro atoms. The van der Waals surface area contributed by atoms with Crippen molar-refractivity contribution in [1.82, 2.24) is 10.2 Å². The first-order valence-electron chi connectivity index (χ1n) is 8.13. The number of aryl methyl sites for hydroxylation is 2. The van der Waals surface area contributed by atoms with E-state index in [4.69, 9.17) is 20.8 Å². The van der Waals surface area contributed by atoms with Gasteiger partial charge in [-0.2, -0.15) is 0 Å². The van der Waals surface area contributed by atoms with E-state index in [0.29, 0.717) is 21.6 Å². The van der Waals surface area contributed by atoms with Gasteiger partial charge < -0.3 is 14.5 Å². The van der Waals surface area contributed by atoms with Crippen molar-refractivity contribution < 1.29 is 13.9 Å². The summed E-state index contributed by atoms with van der Waals surface area (Å²) in [6, 6.07) is 11.0. The number of halogens is 1. The number of amides is 1. The van der Waals surface area contributed by atoms with Gasteiger partial charge in [0.25, 0.3) is 11.1 Å². The van der Waals surface area contributed by atoms with E-state index in [0.717, 1.165) is 28.6 Å². The first kappa shape index (κ1) is 19.3. The number of methoxy groups -OCH3 is 1. The lowest BCUT2D eigenvalue weighted by Crippen LogP contribution is -2.14. The topological polar surface area (TPSA) is 77.2 Å². The molecule has 0 aliphatic heterocycles. The van der Waals surface area contributed by atoms with Gasteiger partial charge in [-0.1, -0.05) is 41.1 Å². The van der Waals surface area contributed by atoms with Crippen LogP contribution in [0.4, 0.5) is 5.69 Å². The molecule has 0 radical (unpaired) electrons. The fourth-order valence-electron chi connectivity index (χ4n) is 2.49. The highest BCUT2D eigenvalue weighted by molar-refractivity contribution is 7.99. The van der Waals surface area contributed by atoms with Crippen molar-refractivity contribution in [3.05, 3.63) is 52.5 Å². The zero-order valence-corrected chi connectivity index (χ0v) is 16.6. The largest absolute Gasteiger partial charge is 0.496 e. The van der Waals surface area contributed by atoms with Crippen molar-refractivity contribution >= 4 is 35.0 Å². The summed E-state index contributed by atoms with van der Waals surface area (Å²) >= 11 is 7.19. The summed E-state index contributed by atoms with van der Waals surface area (Å²) in [6.07, 6.45) is 0. The lowest BCUT2D eigenvalue weighted by molar-refractivity contribution is -0.113. The van der Waals surface area contributed by atoms with Crippen molar-refractivity contribution in [2.75, 3.05) is 18.2 Å². The van der Waals surface area contributed by atoms with Crippen LogP contribution in [0.2, 0.25) is 5.02 Å². The van der Waals surface area contributed by atoms with Gasteiger partial charge in [0.05, 0.1) is 18.4 Å². The molecule has 8 heteroatoms. The number of hydrogen-bond acceptors (Lipinski definition) is 6. The molecule has 1 aromatic heterocycles. The quantitative estimate of drug-likeness (QED) is 0.598. The number of carbonyl (C=O) groups excluding carboxylic acids is 1. The molecule has 1 heterocycles. The number of thioether (sulfide) groups is 1. The van der Waals surface area contributed by atoms with E-state index in [1.807, 2.05) is 32.0 Å². The number of nitrogens with one attached hydrogen (secondary N) is 1. The second-order valence-electron chi connectivity index (χ2n) is 5.87. The van der Waals surface area contributed by atoms with Crippen LogP contribution in [0.3, 0.4) is 0 Å². The van der Waals surface area contributed by atoms with Gasteiger partial charge >= 0.3 is 0 Å². The maximum atomic E-state index is 12.2. The molecule has 3 aromatic rings. The minimum absolute atomic E-state index is 0.146. The summed E-state index contributed by atoms with van der Waals surface area (Å²) in [5.74, 6) is 0.868. The average Bonchev–Trinajstić information content (AvgIpc) is 3.11. The predicted molar refractivity (Wildman–Crippen MR) is 107 cm³/mol. The Morgan fingerprint density at radius 1 is 1.22 bits per heavy atom. The molecular formula is C19H18ClN3O3S. The van der Waals surface area contributed by atoms with Gasteiger partial charge in [-0.25, -0.2) is 0 Å². The Kier molecular flexibility index (Phi) is 6.03. The van der Waals surface area contributed by atoms with Crippen LogP contribution < -0.4 is 10.1 Å².